The SMILES string of the molecule is [CH](OC1CCCc2ccccc21)c1ccccc1. The van der Waals surface area contributed by atoms with E-state index in [-0.39, 0.29) is 6.10 Å². The van der Waals surface area contributed by atoms with E-state index < -0.39 is 0 Å². The Morgan fingerprint density at radius 2 is 1.72 bits per heavy atom. The Hall–Kier alpha value is -1.60. The van der Waals surface area contributed by atoms with Crippen LogP contribution in [0.4, 0.5) is 0 Å². The van der Waals surface area contributed by atoms with E-state index in [4.69, 9.17) is 4.74 Å². The van der Waals surface area contributed by atoms with Crippen LogP contribution in [-0.2, 0) is 11.2 Å². The van der Waals surface area contributed by atoms with E-state index in [0.29, 0.717) is 0 Å². The van der Waals surface area contributed by atoms with Gasteiger partial charge < -0.3 is 4.74 Å². The van der Waals surface area contributed by atoms with Crippen molar-refractivity contribution in [1.82, 2.24) is 0 Å². The summed E-state index contributed by atoms with van der Waals surface area (Å²) < 4.78 is 5.97. The molecule has 0 fully saturated rings. The molecule has 0 N–H and O–H groups in total. The lowest BCUT2D eigenvalue weighted by molar-refractivity contribution is 0.0999. The van der Waals surface area contributed by atoms with E-state index in [9.17, 15) is 0 Å². The van der Waals surface area contributed by atoms with Crippen LogP contribution in [0.3, 0.4) is 0 Å². The minimum atomic E-state index is 0.218. The first-order valence-corrected chi connectivity index (χ1v) is 6.55. The summed E-state index contributed by atoms with van der Waals surface area (Å²) in [5, 5.41) is 0. The van der Waals surface area contributed by atoms with Gasteiger partial charge in [-0.15, -0.1) is 0 Å². The zero-order chi connectivity index (χ0) is 12.2. The van der Waals surface area contributed by atoms with Crippen molar-refractivity contribution < 1.29 is 4.74 Å². The first kappa shape index (κ1) is 11.5. The highest BCUT2D eigenvalue weighted by molar-refractivity contribution is 5.31. The van der Waals surface area contributed by atoms with Crippen molar-refractivity contribution in [3.8, 4) is 0 Å². The topological polar surface area (TPSA) is 9.23 Å². The second-order valence-corrected chi connectivity index (χ2v) is 4.74. The summed E-state index contributed by atoms with van der Waals surface area (Å²) in [6, 6.07) is 18.8. The van der Waals surface area contributed by atoms with Crippen LogP contribution in [0.1, 0.15) is 35.6 Å². The number of benzene rings is 2. The van der Waals surface area contributed by atoms with E-state index in [0.717, 1.165) is 12.0 Å². The molecule has 0 amide bonds. The van der Waals surface area contributed by atoms with Crippen LogP contribution in [0.15, 0.2) is 54.6 Å². The summed E-state index contributed by atoms with van der Waals surface area (Å²) in [5.74, 6) is 0. The van der Waals surface area contributed by atoms with Gasteiger partial charge in [0.2, 0.25) is 0 Å². The molecule has 1 atom stereocenters. The molecule has 1 heteroatoms. The first-order chi connectivity index (χ1) is 8.93. The lowest BCUT2D eigenvalue weighted by Crippen LogP contribution is -2.12. The highest BCUT2D eigenvalue weighted by atomic mass is 16.5. The number of rotatable bonds is 3. The van der Waals surface area contributed by atoms with Crippen LogP contribution in [0.2, 0.25) is 0 Å². The molecule has 0 saturated heterocycles. The second kappa shape index (κ2) is 5.36. The van der Waals surface area contributed by atoms with Gasteiger partial charge in [0.05, 0.1) is 6.10 Å². The number of hydrogen-bond acceptors (Lipinski definition) is 1. The maximum absolute atomic E-state index is 5.97. The molecule has 1 unspecified atom stereocenters. The van der Waals surface area contributed by atoms with Crippen LogP contribution in [-0.4, -0.2) is 0 Å². The highest BCUT2D eigenvalue weighted by Crippen LogP contribution is 2.33. The van der Waals surface area contributed by atoms with Gasteiger partial charge >= 0.3 is 0 Å². The first-order valence-electron chi connectivity index (χ1n) is 6.55. The average molecular weight is 237 g/mol. The van der Waals surface area contributed by atoms with Crippen LogP contribution >= 0.6 is 0 Å². The molecule has 2 aromatic rings. The molecule has 1 aliphatic carbocycles. The van der Waals surface area contributed by atoms with Crippen molar-refractivity contribution in [2.45, 2.75) is 25.4 Å². The fraction of sp³-hybridized carbons (Fsp3) is 0.235. The smallest absolute Gasteiger partial charge is 0.114 e. The summed E-state index contributed by atoms with van der Waals surface area (Å²) in [6.07, 6.45) is 3.72. The third-order valence-electron chi connectivity index (χ3n) is 3.48. The van der Waals surface area contributed by atoms with E-state index in [1.807, 2.05) is 24.8 Å². The Kier molecular flexibility index (Phi) is 3.42. The third-order valence-corrected chi connectivity index (χ3v) is 3.48. The van der Waals surface area contributed by atoms with Crippen molar-refractivity contribution in [2.24, 2.45) is 0 Å². The van der Waals surface area contributed by atoms with Crippen LogP contribution in [0, 0.1) is 6.61 Å². The minimum Gasteiger partial charge on any atom is -0.363 e. The van der Waals surface area contributed by atoms with Gasteiger partial charge in [-0.2, -0.15) is 0 Å². The van der Waals surface area contributed by atoms with Crippen LogP contribution in [0.5, 0.6) is 0 Å². The Balaban J connectivity index is 1.71. The minimum absolute atomic E-state index is 0.218. The molecule has 91 valence electrons. The van der Waals surface area contributed by atoms with Crippen molar-refractivity contribution in [3.63, 3.8) is 0 Å². The molecular weight excluding hydrogens is 220 g/mol. The fourth-order valence-electron chi connectivity index (χ4n) is 2.54. The lowest BCUT2D eigenvalue weighted by atomic mass is 9.89. The molecule has 0 aliphatic heterocycles. The average Bonchev–Trinajstić information content (AvgIpc) is 2.46. The van der Waals surface area contributed by atoms with Crippen molar-refractivity contribution in [2.75, 3.05) is 0 Å². The Morgan fingerprint density at radius 3 is 2.61 bits per heavy atom. The van der Waals surface area contributed by atoms with E-state index in [1.54, 1.807) is 0 Å². The zero-order valence-corrected chi connectivity index (χ0v) is 10.4. The molecule has 0 bridgehead atoms. The van der Waals surface area contributed by atoms with E-state index in [1.165, 1.54) is 24.0 Å². The third kappa shape index (κ3) is 2.46. The number of ether oxygens (including phenoxy) is 1. The summed E-state index contributed by atoms with van der Waals surface area (Å²) >= 11 is 0. The standard InChI is InChI=1S/C17H17O/c1-2-7-14(8-3-1)13-18-17-12-6-10-15-9-4-5-11-16(15)17/h1-5,7-9,11,13,17H,6,10,12H2. The Labute approximate surface area is 108 Å². The van der Waals surface area contributed by atoms with Gasteiger partial charge in [0.25, 0.3) is 0 Å². The van der Waals surface area contributed by atoms with Crippen molar-refractivity contribution in [3.05, 3.63) is 77.9 Å². The van der Waals surface area contributed by atoms with Crippen molar-refractivity contribution >= 4 is 0 Å². The molecule has 0 aromatic heterocycles. The van der Waals surface area contributed by atoms with Gasteiger partial charge in [-0.1, -0.05) is 54.6 Å². The molecule has 0 saturated carbocycles. The fourth-order valence-corrected chi connectivity index (χ4v) is 2.54. The maximum atomic E-state index is 5.97. The molecule has 1 nitrogen and oxygen atoms in total. The zero-order valence-electron chi connectivity index (χ0n) is 10.4. The Bertz CT molecular complexity index is 504. The Morgan fingerprint density at radius 1 is 0.944 bits per heavy atom. The second-order valence-electron chi connectivity index (χ2n) is 4.74. The van der Waals surface area contributed by atoms with Gasteiger partial charge in [0, 0.05) is 0 Å². The quantitative estimate of drug-likeness (QED) is 0.773. The molecule has 3 rings (SSSR count). The number of fused-ring (bicyclic) bond motifs is 1. The molecule has 1 aliphatic rings. The molecule has 0 spiro atoms. The molecule has 2 aromatic carbocycles. The van der Waals surface area contributed by atoms with E-state index in [2.05, 4.69) is 36.4 Å². The largest absolute Gasteiger partial charge is 0.363 e. The highest BCUT2D eigenvalue weighted by Gasteiger charge is 2.20. The van der Waals surface area contributed by atoms with Crippen LogP contribution < -0.4 is 0 Å². The van der Waals surface area contributed by atoms with E-state index >= 15 is 0 Å². The van der Waals surface area contributed by atoms with Gasteiger partial charge in [-0.3, -0.25) is 0 Å². The predicted octanol–water partition coefficient (Wildman–Crippen LogP) is 4.29. The molecule has 0 heterocycles. The number of hydrogen-bond donors (Lipinski definition) is 0. The van der Waals surface area contributed by atoms with Gasteiger partial charge in [-0.25, -0.2) is 0 Å². The van der Waals surface area contributed by atoms with Gasteiger partial charge in [0.15, 0.2) is 0 Å². The van der Waals surface area contributed by atoms with Crippen LogP contribution in [0.25, 0.3) is 0 Å². The summed E-state index contributed by atoms with van der Waals surface area (Å²) in [5.41, 5.74) is 3.92. The lowest BCUT2D eigenvalue weighted by Gasteiger charge is -2.25. The van der Waals surface area contributed by atoms with Gasteiger partial charge in [0.1, 0.15) is 6.61 Å². The van der Waals surface area contributed by atoms with Gasteiger partial charge in [-0.05, 0) is 36.0 Å². The molecular formula is C17H17O. The summed E-state index contributed by atoms with van der Waals surface area (Å²) in [6.45, 7) is 1.88. The summed E-state index contributed by atoms with van der Waals surface area (Å²) in [4.78, 5) is 0. The number of aryl methyl sites for hydroxylation is 1. The van der Waals surface area contributed by atoms with Crippen molar-refractivity contribution in [1.29, 1.82) is 0 Å². The monoisotopic (exact) mass is 237 g/mol. The predicted molar refractivity (Wildman–Crippen MR) is 73.1 cm³/mol. The summed E-state index contributed by atoms with van der Waals surface area (Å²) in [7, 11) is 0. The maximum Gasteiger partial charge on any atom is 0.114 e. The normalized spacial score (nSPS) is 18.3. The molecule has 1 radical (unpaired) electrons. The molecule has 18 heavy (non-hydrogen) atoms.